The van der Waals surface area contributed by atoms with Crippen LogP contribution in [0.4, 0.5) is 10.1 Å². The number of nitrogens with one attached hydrogen (secondary N) is 1. The van der Waals surface area contributed by atoms with Crippen LogP contribution in [-0.4, -0.2) is 19.6 Å². The average molecular weight is 433 g/mol. The van der Waals surface area contributed by atoms with E-state index in [-0.39, 0.29) is 5.57 Å². The molecule has 0 saturated carbocycles. The molecule has 1 N–H and O–H groups in total. The summed E-state index contributed by atoms with van der Waals surface area (Å²) >= 11 is 3.43. The van der Waals surface area contributed by atoms with Gasteiger partial charge in [-0.2, -0.15) is 5.26 Å². The summed E-state index contributed by atoms with van der Waals surface area (Å²) in [4.78, 5) is 12.3. The first-order valence-corrected chi connectivity index (χ1v) is 8.96. The molecule has 1 amide bonds. The van der Waals surface area contributed by atoms with Crippen LogP contribution in [0.3, 0.4) is 0 Å². The monoisotopic (exact) mass is 432 g/mol. The van der Waals surface area contributed by atoms with E-state index >= 15 is 0 Å². The number of methoxy groups -OCH3 is 1. The Labute approximate surface area is 165 Å². The van der Waals surface area contributed by atoms with Crippen LogP contribution in [0.5, 0.6) is 11.5 Å². The quantitative estimate of drug-likeness (QED) is 0.497. The van der Waals surface area contributed by atoms with Crippen LogP contribution in [0.1, 0.15) is 18.9 Å². The van der Waals surface area contributed by atoms with Crippen LogP contribution in [0.25, 0.3) is 6.08 Å². The van der Waals surface area contributed by atoms with Crippen molar-refractivity contribution in [3.8, 4) is 17.6 Å². The number of nitrogens with zero attached hydrogens (tertiary/aromatic N) is 1. The molecule has 27 heavy (non-hydrogen) atoms. The standard InChI is InChI=1S/C20H18BrFN2O3/c1-3-8-27-19-17(21)10-13(11-18(19)26-2)9-14(12-23)20(25)24-16-6-4-15(22)5-7-16/h4-7,9-11H,3,8H2,1-2H3,(H,24,25)/b14-9-. The summed E-state index contributed by atoms with van der Waals surface area (Å²) < 4.78 is 24.6. The second-order valence-corrected chi connectivity index (χ2v) is 6.37. The van der Waals surface area contributed by atoms with Gasteiger partial charge in [-0.25, -0.2) is 4.39 Å². The lowest BCUT2D eigenvalue weighted by Gasteiger charge is -2.13. The fourth-order valence-electron chi connectivity index (χ4n) is 2.21. The van der Waals surface area contributed by atoms with Crippen molar-refractivity contribution < 1.29 is 18.7 Å². The fourth-order valence-corrected chi connectivity index (χ4v) is 2.79. The molecule has 0 aliphatic rings. The third kappa shape index (κ3) is 5.56. The van der Waals surface area contributed by atoms with E-state index in [4.69, 9.17) is 9.47 Å². The largest absolute Gasteiger partial charge is 0.493 e. The normalized spacial score (nSPS) is 10.9. The number of halogens is 2. The molecule has 0 radical (unpaired) electrons. The highest BCUT2D eigenvalue weighted by molar-refractivity contribution is 9.10. The highest BCUT2D eigenvalue weighted by atomic mass is 79.9. The molecule has 0 aliphatic heterocycles. The number of carbonyl (C=O) groups excluding carboxylic acids is 1. The van der Waals surface area contributed by atoms with E-state index in [2.05, 4.69) is 21.2 Å². The number of hydrogen-bond donors (Lipinski definition) is 1. The smallest absolute Gasteiger partial charge is 0.266 e. The highest BCUT2D eigenvalue weighted by Gasteiger charge is 2.14. The van der Waals surface area contributed by atoms with Gasteiger partial charge in [0.25, 0.3) is 5.91 Å². The minimum Gasteiger partial charge on any atom is -0.493 e. The van der Waals surface area contributed by atoms with E-state index in [1.165, 1.54) is 37.5 Å². The first-order valence-electron chi connectivity index (χ1n) is 8.17. The van der Waals surface area contributed by atoms with E-state index < -0.39 is 11.7 Å². The van der Waals surface area contributed by atoms with Gasteiger partial charge in [-0.3, -0.25) is 4.79 Å². The molecule has 5 nitrogen and oxygen atoms in total. The lowest BCUT2D eigenvalue weighted by atomic mass is 10.1. The van der Waals surface area contributed by atoms with E-state index in [1.54, 1.807) is 12.1 Å². The predicted octanol–water partition coefficient (Wildman–Crippen LogP) is 4.93. The molecule has 0 atom stereocenters. The molecule has 0 bridgehead atoms. The second kappa shape index (κ2) is 9.74. The van der Waals surface area contributed by atoms with Crippen molar-refractivity contribution in [1.82, 2.24) is 0 Å². The highest BCUT2D eigenvalue weighted by Crippen LogP contribution is 2.37. The lowest BCUT2D eigenvalue weighted by Crippen LogP contribution is -2.13. The number of rotatable bonds is 7. The Morgan fingerprint density at radius 2 is 2.04 bits per heavy atom. The predicted molar refractivity (Wildman–Crippen MR) is 105 cm³/mol. The van der Waals surface area contributed by atoms with Crippen molar-refractivity contribution in [2.75, 3.05) is 19.0 Å². The summed E-state index contributed by atoms with van der Waals surface area (Å²) in [5, 5.41) is 11.9. The summed E-state index contributed by atoms with van der Waals surface area (Å²) in [5.74, 6) is 0.0444. The van der Waals surface area contributed by atoms with Crippen molar-refractivity contribution >= 4 is 33.6 Å². The van der Waals surface area contributed by atoms with Crippen LogP contribution in [-0.2, 0) is 4.79 Å². The molecule has 2 aromatic rings. The Morgan fingerprint density at radius 1 is 1.33 bits per heavy atom. The molecule has 2 rings (SSSR count). The first-order chi connectivity index (χ1) is 13.0. The van der Waals surface area contributed by atoms with E-state index in [9.17, 15) is 14.4 Å². The SMILES string of the molecule is CCCOc1c(Br)cc(/C=C(/C#N)C(=O)Nc2ccc(F)cc2)cc1OC. The molecule has 0 saturated heterocycles. The second-order valence-electron chi connectivity index (χ2n) is 5.51. The first kappa shape index (κ1) is 20.5. The van der Waals surface area contributed by atoms with Crippen molar-refractivity contribution in [2.24, 2.45) is 0 Å². The van der Waals surface area contributed by atoms with Crippen LogP contribution in [0, 0.1) is 17.1 Å². The van der Waals surface area contributed by atoms with Gasteiger partial charge in [0, 0.05) is 5.69 Å². The minimum atomic E-state index is -0.592. The fraction of sp³-hybridized carbons (Fsp3) is 0.200. The van der Waals surface area contributed by atoms with Crippen LogP contribution in [0.15, 0.2) is 46.4 Å². The number of carbonyl (C=O) groups is 1. The molecular formula is C20H18BrFN2O3. The number of ether oxygens (including phenoxy) is 2. The summed E-state index contributed by atoms with van der Waals surface area (Å²) in [5.41, 5.74) is 0.883. The van der Waals surface area contributed by atoms with Crippen LogP contribution in [0.2, 0.25) is 0 Å². The molecule has 140 valence electrons. The van der Waals surface area contributed by atoms with Gasteiger partial charge in [-0.15, -0.1) is 0 Å². The third-order valence-electron chi connectivity index (χ3n) is 3.48. The molecule has 0 spiro atoms. The van der Waals surface area contributed by atoms with Gasteiger partial charge in [0.2, 0.25) is 0 Å². The molecular weight excluding hydrogens is 415 g/mol. The lowest BCUT2D eigenvalue weighted by molar-refractivity contribution is -0.112. The zero-order valence-corrected chi connectivity index (χ0v) is 16.5. The maximum absolute atomic E-state index is 13.0. The topological polar surface area (TPSA) is 71.3 Å². The third-order valence-corrected chi connectivity index (χ3v) is 4.07. The van der Waals surface area contributed by atoms with Gasteiger partial charge >= 0.3 is 0 Å². The van der Waals surface area contributed by atoms with Gasteiger partial charge in [0.1, 0.15) is 17.5 Å². The van der Waals surface area contributed by atoms with Gasteiger partial charge in [-0.1, -0.05) is 6.92 Å². The Hall–Kier alpha value is -2.85. The van der Waals surface area contributed by atoms with Gasteiger partial charge in [-0.05, 0) is 70.4 Å². The van der Waals surface area contributed by atoms with Crippen molar-refractivity contribution in [3.63, 3.8) is 0 Å². The Bertz CT molecular complexity index is 889. The zero-order valence-electron chi connectivity index (χ0n) is 14.9. The number of benzene rings is 2. The van der Waals surface area contributed by atoms with Crippen molar-refractivity contribution in [3.05, 3.63) is 57.8 Å². The molecule has 7 heteroatoms. The zero-order chi connectivity index (χ0) is 19.8. The summed E-state index contributed by atoms with van der Waals surface area (Å²) in [7, 11) is 1.51. The van der Waals surface area contributed by atoms with Crippen molar-refractivity contribution in [2.45, 2.75) is 13.3 Å². The van der Waals surface area contributed by atoms with Crippen LogP contribution >= 0.6 is 15.9 Å². The molecule has 0 aromatic heterocycles. The van der Waals surface area contributed by atoms with E-state index in [1.807, 2.05) is 13.0 Å². The molecule has 0 fully saturated rings. The number of anilines is 1. The maximum atomic E-state index is 13.0. The number of amides is 1. The Balaban J connectivity index is 2.28. The Kier molecular flexibility index (Phi) is 7.38. The minimum absolute atomic E-state index is 0.101. The average Bonchev–Trinajstić information content (AvgIpc) is 2.66. The van der Waals surface area contributed by atoms with Crippen LogP contribution < -0.4 is 14.8 Å². The van der Waals surface area contributed by atoms with Gasteiger partial charge in [0.15, 0.2) is 11.5 Å². The van der Waals surface area contributed by atoms with Gasteiger partial charge < -0.3 is 14.8 Å². The van der Waals surface area contributed by atoms with E-state index in [0.717, 1.165) is 6.42 Å². The summed E-state index contributed by atoms with van der Waals surface area (Å²) in [6.45, 7) is 2.53. The maximum Gasteiger partial charge on any atom is 0.266 e. The Morgan fingerprint density at radius 3 is 2.63 bits per heavy atom. The van der Waals surface area contributed by atoms with Gasteiger partial charge in [0.05, 0.1) is 18.2 Å². The molecule has 0 unspecified atom stereocenters. The molecule has 0 heterocycles. The summed E-state index contributed by atoms with van der Waals surface area (Å²) in [6, 6.07) is 10.6. The summed E-state index contributed by atoms with van der Waals surface area (Å²) in [6.07, 6.45) is 2.29. The molecule has 0 aliphatic carbocycles. The van der Waals surface area contributed by atoms with Crippen molar-refractivity contribution in [1.29, 1.82) is 5.26 Å². The molecule has 2 aromatic carbocycles. The van der Waals surface area contributed by atoms with E-state index in [0.29, 0.717) is 33.8 Å². The number of nitriles is 1. The number of hydrogen-bond acceptors (Lipinski definition) is 4.